The highest BCUT2D eigenvalue weighted by atomic mass is 32.2. The zero-order valence-electron chi connectivity index (χ0n) is 30.6. The predicted molar refractivity (Wildman–Crippen MR) is 194 cm³/mol. The third-order valence-electron chi connectivity index (χ3n) is 7.94. The van der Waals surface area contributed by atoms with Gasteiger partial charge in [0.05, 0.1) is 25.1 Å². The van der Waals surface area contributed by atoms with Gasteiger partial charge < -0.3 is 61.1 Å². The van der Waals surface area contributed by atoms with Gasteiger partial charge in [-0.1, -0.05) is 25.6 Å². The molecule has 1 aliphatic rings. The number of rotatable bonds is 23. The molecule has 30 heteroatoms. The average Bonchev–Trinajstić information content (AvgIpc) is 3.64. The van der Waals surface area contributed by atoms with Gasteiger partial charge in [0.1, 0.15) is 36.3 Å². The molecule has 1 saturated heterocycles. The van der Waals surface area contributed by atoms with Gasteiger partial charge in [-0.3, -0.25) is 32.5 Å². The van der Waals surface area contributed by atoms with Gasteiger partial charge in [-0.05, 0) is 13.3 Å². The molecule has 0 radical (unpaired) electrons. The second kappa shape index (κ2) is 20.2. The number of hydrogen-bond donors (Lipinski definition) is 11. The Morgan fingerprint density at radius 1 is 1.05 bits per heavy atom. The summed E-state index contributed by atoms with van der Waals surface area (Å²) in [5.74, 6) is -1.37. The number of thioether (sulfide) groups is 1. The summed E-state index contributed by atoms with van der Waals surface area (Å²) < 4.78 is 62.0. The first-order valence-corrected chi connectivity index (χ1v) is 22.1. The van der Waals surface area contributed by atoms with Crippen LogP contribution in [-0.2, 0) is 50.7 Å². The topological polar surface area (TPSA) is 404 Å². The molecule has 0 aromatic carbocycles. The summed E-state index contributed by atoms with van der Waals surface area (Å²) in [6, 6.07) is 0. The number of aliphatic hydroxyl groups excluding tert-OH is 3. The summed E-state index contributed by atoms with van der Waals surface area (Å²) in [6.45, 7) is 1.38. The lowest BCUT2D eigenvalue weighted by atomic mass is 9.87. The number of hydrogen-bond acceptors (Lipinski definition) is 20. The van der Waals surface area contributed by atoms with Crippen LogP contribution in [0, 0.1) is 5.41 Å². The van der Waals surface area contributed by atoms with Gasteiger partial charge in [0, 0.05) is 43.7 Å². The number of phosphoric acid groups is 3. The molecule has 26 nitrogen and oxygen atoms in total. The maximum absolute atomic E-state index is 12.7. The smallest absolute Gasteiger partial charge is 0.396 e. The molecule has 324 valence electrons. The molecule has 3 rings (SSSR count). The molecule has 0 aliphatic carbocycles. The van der Waals surface area contributed by atoms with Crippen molar-refractivity contribution in [1.82, 2.24) is 30.2 Å². The van der Waals surface area contributed by atoms with Crippen LogP contribution in [0.3, 0.4) is 0 Å². The third-order valence-corrected chi connectivity index (χ3v) is 11.9. The Labute approximate surface area is 328 Å². The first-order valence-electron chi connectivity index (χ1n) is 16.6. The minimum atomic E-state index is -5.59. The van der Waals surface area contributed by atoms with Crippen LogP contribution in [0.5, 0.6) is 0 Å². The third kappa shape index (κ3) is 15.2. The molecule has 2 amide bonds. The van der Waals surface area contributed by atoms with Crippen molar-refractivity contribution in [3.8, 4) is 0 Å². The van der Waals surface area contributed by atoms with Crippen LogP contribution < -0.4 is 16.4 Å². The largest absolute Gasteiger partial charge is 0.481 e. The molecular weight excluding hydrogens is 851 g/mol. The molecule has 2 aromatic rings. The highest BCUT2D eigenvalue weighted by Crippen LogP contribution is 2.61. The number of aromatic nitrogens is 4. The van der Waals surface area contributed by atoms with E-state index in [9.17, 15) is 63.0 Å². The normalized spacial score (nSPS) is 22.6. The molecule has 3 unspecified atom stereocenters. The number of phosphoric ester groups is 3. The number of nitrogens with one attached hydrogen (secondary N) is 2. The van der Waals surface area contributed by atoms with Gasteiger partial charge in [-0.15, -0.1) is 0 Å². The summed E-state index contributed by atoms with van der Waals surface area (Å²) in [5.41, 5.74) is 2.86. The van der Waals surface area contributed by atoms with E-state index < -0.39 is 90.2 Å². The van der Waals surface area contributed by atoms with Crippen LogP contribution >= 0.6 is 35.2 Å². The van der Waals surface area contributed by atoms with Crippen LogP contribution in [0.4, 0.5) is 5.82 Å². The molecule has 8 atom stereocenters. The molecular formula is C27H46N7O19P3S. The van der Waals surface area contributed by atoms with E-state index in [-0.39, 0.29) is 66.8 Å². The quantitative estimate of drug-likeness (QED) is 0.0432. The Hall–Kier alpha value is -2.52. The van der Waals surface area contributed by atoms with Crippen molar-refractivity contribution < 1.29 is 90.7 Å². The van der Waals surface area contributed by atoms with Crippen LogP contribution in [0.15, 0.2) is 12.7 Å². The number of nitrogens with zero attached hydrogens (tertiary/aromatic N) is 4. The van der Waals surface area contributed by atoms with Crippen molar-refractivity contribution in [1.29, 1.82) is 0 Å². The Morgan fingerprint density at radius 3 is 2.37 bits per heavy atom. The number of aliphatic hydroxyl groups is 4. The van der Waals surface area contributed by atoms with Gasteiger partial charge in [0.2, 0.25) is 11.8 Å². The molecule has 3 heterocycles. The number of ether oxygens (including phenoxy) is 1. The summed E-state index contributed by atoms with van der Waals surface area (Å²) >= 11 is 0.881. The van der Waals surface area contributed by atoms with Crippen molar-refractivity contribution in [2.75, 3.05) is 44.4 Å². The SMILES string of the molecule is CC(C)(COP(=O)(O)OP(=O)(O)OC[C@H]1O[C@@H](n2cnc3c(N)ncnc32)C(O)[C@H]1OP(=O)(O)O)[C@H](O)C(=O)NCCC(=O)NCCSC(=O)C[C@](C)(O)CCO. The lowest BCUT2D eigenvalue weighted by Gasteiger charge is -2.30. The van der Waals surface area contributed by atoms with E-state index in [4.69, 9.17) is 24.6 Å². The second-order valence-corrected chi connectivity index (χ2v) is 18.8. The monoisotopic (exact) mass is 897 g/mol. The predicted octanol–water partition coefficient (Wildman–Crippen LogP) is -1.81. The van der Waals surface area contributed by atoms with Gasteiger partial charge >= 0.3 is 23.5 Å². The summed E-state index contributed by atoms with van der Waals surface area (Å²) in [7, 11) is -16.4. The van der Waals surface area contributed by atoms with Gasteiger partial charge in [0.15, 0.2) is 22.8 Å². The first-order chi connectivity index (χ1) is 26.3. The number of fused-ring (bicyclic) bond motifs is 1. The number of carbonyl (C=O) groups excluding carboxylic acids is 3. The summed E-state index contributed by atoms with van der Waals surface area (Å²) in [4.78, 5) is 87.5. The fraction of sp³-hybridized carbons (Fsp3) is 0.704. The molecule has 1 fully saturated rings. The summed E-state index contributed by atoms with van der Waals surface area (Å²) in [5, 5.41) is 44.8. The van der Waals surface area contributed by atoms with E-state index >= 15 is 0 Å². The van der Waals surface area contributed by atoms with Gasteiger partial charge in [-0.2, -0.15) is 4.31 Å². The van der Waals surface area contributed by atoms with Crippen LogP contribution in [0.25, 0.3) is 11.2 Å². The van der Waals surface area contributed by atoms with Crippen molar-refractivity contribution in [2.24, 2.45) is 5.41 Å². The zero-order valence-corrected chi connectivity index (χ0v) is 34.1. The van der Waals surface area contributed by atoms with Crippen molar-refractivity contribution in [3.05, 3.63) is 12.7 Å². The minimum absolute atomic E-state index is 0.0213. The molecule has 1 aliphatic heterocycles. The molecule has 0 bridgehead atoms. The van der Waals surface area contributed by atoms with E-state index in [0.29, 0.717) is 0 Å². The zero-order chi connectivity index (χ0) is 43.0. The number of nitrogens with two attached hydrogens (primary N) is 1. The molecule has 0 saturated carbocycles. The molecule has 57 heavy (non-hydrogen) atoms. The summed E-state index contributed by atoms with van der Waals surface area (Å²) in [6.07, 6.45) is -7.23. The highest BCUT2D eigenvalue weighted by molar-refractivity contribution is 8.13. The van der Waals surface area contributed by atoms with Crippen LogP contribution in [-0.4, -0.2) is 145 Å². The molecule has 2 aromatic heterocycles. The van der Waals surface area contributed by atoms with Crippen molar-refractivity contribution in [2.45, 2.75) is 76.3 Å². The highest BCUT2D eigenvalue weighted by Gasteiger charge is 2.50. The van der Waals surface area contributed by atoms with Crippen molar-refractivity contribution >= 4 is 69.1 Å². The Morgan fingerprint density at radius 2 is 1.72 bits per heavy atom. The number of imidazole rings is 1. The maximum Gasteiger partial charge on any atom is 0.481 e. The van der Waals surface area contributed by atoms with Crippen molar-refractivity contribution in [3.63, 3.8) is 0 Å². The van der Waals surface area contributed by atoms with E-state index in [1.807, 2.05) is 0 Å². The second-order valence-electron chi connectivity index (χ2n) is 13.4. The molecule has 12 N–H and O–H groups in total. The number of nitrogen functional groups attached to an aromatic ring is 1. The molecule has 0 spiro atoms. The minimum Gasteiger partial charge on any atom is -0.396 e. The van der Waals surface area contributed by atoms with Gasteiger partial charge in [-0.25, -0.2) is 28.6 Å². The standard InChI is InChI=1S/C27H46N7O19P3S/c1-26(2,21(39)24(40)30-6-4-16(36)29-7-9-57-17(37)10-27(3,41)5-8-35)12-50-56(47,48)53-55(45,46)49-11-15-20(52-54(42,43)44)19(38)25(51-15)34-14-33-18-22(28)31-13-32-23(18)34/h13-15,19-21,25,35,38-39,41H,4-12H2,1-3H3,(H,29,36)(H,30,40)(H,45,46)(H,47,48)(H2,28,31,32)(H2,42,43,44)/t15-,19?,20+,21-,25-,27-/m1/s1. The number of anilines is 1. The fourth-order valence-corrected chi connectivity index (χ4v) is 8.66. The van der Waals surface area contributed by atoms with E-state index in [1.54, 1.807) is 0 Å². The van der Waals surface area contributed by atoms with Crippen LogP contribution in [0.2, 0.25) is 0 Å². The number of carbonyl (C=O) groups is 3. The lowest BCUT2D eigenvalue weighted by Crippen LogP contribution is -2.46. The Kier molecular flexibility index (Phi) is 17.3. The number of amides is 2. The average molecular weight is 898 g/mol. The maximum atomic E-state index is 12.7. The Bertz CT molecular complexity index is 1870. The fourth-order valence-electron chi connectivity index (χ4n) is 4.99. The first kappa shape index (κ1) is 48.8. The van der Waals surface area contributed by atoms with Crippen LogP contribution in [0.1, 0.15) is 46.3 Å². The Balaban J connectivity index is 1.47. The van der Waals surface area contributed by atoms with E-state index in [0.717, 1.165) is 29.0 Å². The van der Waals surface area contributed by atoms with E-state index in [1.165, 1.54) is 20.8 Å². The lowest BCUT2D eigenvalue weighted by molar-refractivity contribution is -0.137. The van der Waals surface area contributed by atoms with E-state index in [2.05, 4.69) is 34.4 Å². The van der Waals surface area contributed by atoms with Gasteiger partial charge in [0.25, 0.3) is 0 Å².